The summed E-state index contributed by atoms with van der Waals surface area (Å²) in [4.78, 5) is 6.23. The van der Waals surface area contributed by atoms with Crippen LogP contribution >= 0.6 is 11.2 Å². The maximum atomic E-state index is 4.86. The summed E-state index contributed by atoms with van der Waals surface area (Å²) in [5.41, 5.74) is 2.59. The van der Waals surface area contributed by atoms with E-state index in [1.807, 2.05) is 11.2 Å². The molecule has 0 spiro atoms. The molecule has 0 saturated heterocycles. The van der Waals surface area contributed by atoms with E-state index < -0.39 is 7.22 Å². The molecule has 1 aliphatic rings. The van der Waals surface area contributed by atoms with Crippen molar-refractivity contribution in [2.75, 3.05) is 0 Å². The number of aliphatic imine (C=N–C) groups is 1. The lowest BCUT2D eigenvalue weighted by Crippen LogP contribution is -2.13. The van der Waals surface area contributed by atoms with Crippen LogP contribution in [0.2, 0.25) is 19.6 Å². The Labute approximate surface area is 109 Å². The van der Waals surface area contributed by atoms with Crippen LogP contribution in [0.3, 0.4) is 0 Å². The monoisotopic (exact) mass is 263 g/mol. The third-order valence-corrected chi connectivity index (χ3v) is 6.42. The summed E-state index contributed by atoms with van der Waals surface area (Å²) < 4.78 is 0. The van der Waals surface area contributed by atoms with E-state index in [1.54, 1.807) is 0 Å². The minimum absolute atomic E-state index is 1.14. The van der Waals surface area contributed by atoms with Crippen LogP contribution in [-0.2, 0) is 0 Å². The zero-order valence-corrected chi connectivity index (χ0v) is 12.8. The van der Waals surface area contributed by atoms with Gasteiger partial charge in [-0.05, 0) is 37.8 Å². The summed E-state index contributed by atoms with van der Waals surface area (Å²) in [7, 11) is -1.14. The first-order chi connectivity index (χ1) is 8.04. The van der Waals surface area contributed by atoms with Gasteiger partial charge in [-0.3, -0.25) is 4.99 Å². The van der Waals surface area contributed by atoms with Crippen LogP contribution in [0.1, 0.15) is 25.7 Å². The summed E-state index contributed by atoms with van der Waals surface area (Å²) in [6.07, 6.45) is 5.04. The maximum absolute atomic E-state index is 4.86. The molecule has 0 amide bonds. The molecule has 1 aromatic carbocycles. The standard InChI is InChI=1S/C14H21NSSi/c1-17(2,3)16-14-11-7-6-10-13(14)15-12-8-4-5-9-12/h6-7,10-11H,4-5,8-9H2,1-3H3. The number of benzene rings is 1. The van der Waals surface area contributed by atoms with Gasteiger partial charge in [0.1, 0.15) is 7.22 Å². The van der Waals surface area contributed by atoms with E-state index >= 15 is 0 Å². The molecule has 0 N–H and O–H groups in total. The molecule has 0 aromatic heterocycles. The molecule has 17 heavy (non-hydrogen) atoms. The Morgan fingerprint density at radius 3 is 2.35 bits per heavy atom. The van der Waals surface area contributed by atoms with Crippen LogP contribution in [-0.4, -0.2) is 12.9 Å². The third kappa shape index (κ3) is 4.00. The van der Waals surface area contributed by atoms with Gasteiger partial charge in [0.2, 0.25) is 0 Å². The summed E-state index contributed by atoms with van der Waals surface area (Å²) in [5, 5.41) is 0. The number of hydrogen-bond acceptors (Lipinski definition) is 2. The molecule has 0 bridgehead atoms. The van der Waals surface area contributed by atoms with Crippen molar-refractivity contribution in [1.29, 1.82) is 0 Å². The van der Waals surface area contributed by atoms with Crippen LogP contribution in [0.15, 0.2) is 34.2 Å². The second-order valence-corrected chi connectivity index (χ2v) is 14.7. The topological polar surface area (TPSA) is 12.4 Å². The zero-order valence-electron chi connectivity index (χ0n) is 11.0. The minimum atomic E-state index is -1.14. The summed E-state index contributed by atoms with van der Waals surface area (Å²) >= 11 is 2.04. The first-order valence-electron chi connectivity index (χ1n) is 6.39. The molecule has 0 radical (unpaired) electrons. The van der Waals surface area contributed by atoms with Crippen molar-refractivity contribution in [3.05, 3.63) is 24.3 Å². The molecule has 0 aliphatic heterocycles. The van der Waals surface area contributed by atoms with E-state index in [-0.39, 0.29) is 0 Å². The molecule has 3 heteroatoms. The van der Waals surface area contributed by atoms with Crippen LogP contribution in [0, 0.1) is 0 Å². The summed E-state index contributed by atoms with van der Waals surface area (Å²) in [5.74, 6) is 0. The lowest BCUT2D eigenvalue weighted by atomic mass is 10.3. The molecule has 1 aliphatic carbocycles. The number of para-hydroxylation sites is 1. The average molecular weight is 263 g/mol. The molecule has 1 nitrogen and oxygen atoms in total. The van der Waals surface area contributed by atoms with Crippen molar-refractivity contribution >= 4 is 29.8 Å². The molecule has 0 atom stereocenters. The Bertz CT molecular complexity index is 412. The van der Waals surface area contributed by atoms with Crippen molar-refractivity contribution in [1.82, 2.24) is 0 Å². The predicted molar refractivity (Wildman–Crippen MR) is 81.2 cm³/mol. The molecular weight excluding hydrogens is 242 g/mol. The van der Waals surface area contributed by atoms with E-state index in [4.69, 9.17) is 4.99 Å². The van der Waals surface area contributed by atoms with Crippen LogP contribution in [0.4, 0.5) is 5.69 Å². The fourth-order valence-corrected chi connectivity index (χ4v) is 5.55. The van der Waals surface area contributed by atoms with Crippen LogP contribution in [0.5, 0.6) is 0 Å². The number of nitrogens with zero attached hydrogens (tertiary/aromatic N) is 1. The number of rotatable bonds is 3. The summed E-state index contributed by atoms with van der Waals surface area (Å²) in [6.45, 7) is 7.16. The highest BCUT2D eigenvalue weighted by atomic mass is 32.4. The van der Waals surface area contributed by atoms with Gasteiger partial charge in [-0.15, -0.1) is 11.2 Å². The van der Waals surface area contributed by atoms with Crippen LogP contribution < -0.4 is 0 Å². The third-order valence-electron chi connectivity index (χ3n) is 2.74. The van der Waals surface area contributed by atoms with Gasteiger partial charge in [-0.2, -0.15) is 0 Å². The van der Waals surface area contributed by atoms with E-state index in [2.05, 4.69) is 43.9 Å². The Hall–Kier alpha value is -0.543. The van der Waals surface area contributed by atoms with Crippen molar-refractivity contribution in [2.45, 2.75) is 50.2 Å². The van der Waals surface area contributed by atoms with E-state index in [9.17, 15) is 0 Å². The fraction of sp³-hybridized carbons (Fsp3) is 0.500. The first kappa shape index (κ1) is 12.9. The van der Waals surface area contributed by atoms with Crippen molar-refractivity contribution < 1.29 is 0 Å². The Kier molecular flexibility index (Phi) is 4.10. The molecule has 92 valence electrons. The lowest BCUT2D eigenvalue weighted by molar-refractivity contribution is 0.886. The van der Waals surface area contributed by atoms with Gasteiger partial charge in [-0.25, -0.2) is 0 Å². The number of hydrogen-bond donors (Lipinski definition) is 0. The predicted octanol–water partition coefficient (Wildman–Crippen LogP) is 5.26. The highest BCUT2D eigenvalue weighted by molar-refractivity contribution is 8.28. The second-order valence-electron chi connectivity index (χ2n) is 5.57. The molecule has 0 heterocycles. The van der Waals surface area contributed by atoms with E-state index in [0.717, 1.165) is 0 Å². The quantitative estimate of drug-likeness (QED) is 0.678. The molecule has 2 rings (SSSR count). The maximum Gasteiger partial charge on any atom is 0.114 e. The Morgan fingerprint density at radius 1 is 1.06 bits per heavy atom. The molecule has 1 fully saturated rings. The lowest BCUT2D eigenvalue weighted by Gasteiger charge is -2.16. The smallest absolute Gasteiger partial charge is 0.114 e. The largest absolute Gasteiger partial charge is 0.257 e. The first-order valence-corrected chi connectivity index (χ1v) is 11.4. The van der Waals surface area contributed by atoms with Crippen LogP contribution in [0.25, 0.3) is 0 Å². The van der Waals surface area contributed by atoms with Gasteiger partial charge < -0.3 is 0 Å². The summed E-state index contributed by atoms with van der Waals surface area (Å²) in [6, 6.07) is 8.61. The molecule has 0 unspecified atom stereocenters. The Morgan fingerprint density at radius 2 is 1.71 bits per heavy atom. The van der Waals surface area contributed by atoms with E-state index in [1.165, 1.54) is 42.0 Å². The highest BCUT2D eigenvalue weighted by Gasteiger charge is 2.17. The van der Waals surface area contributed by atoms with Gasteiger partial charge >= 0.3 is 0 Å². The molecular formula is C14H21NSSi. The van der Waals surface area contributed by atoms with Gasteiger partial charge in [0.05, 0.1) is 5.69 Å². The Balaban J connectivity index is 2.24. The van der Waals surface area contributed by atoms with Crippen molar-refractivity contribution in [3.8, 4) is 0 Å². The molecule has 1 aromatic rings. The normalized spacial score (nSPS) is 16.3. The SMILES string of the molecule is C[Si](C)(C)Sc1ccccc1N=C1CCCC1. The van der Waals surface area contributed by atoms with E-state index in [0.29, 0.717) is 0 Å². The van der Waals surface area contributed by atoms with Crippen molar-refractivity contribution in [2.24, 2.45) is 4.99 Å². The second kappa shape index (κ2) is 5.40. The minimum Gasteiger partial charge on any atom is -0.257 e. The van der Waals surface area contributed by atoms with Crippen molar-refractivity contribution in [3.63, 3.8) is 0 Å². The highest BCUT2D eigenvalue weighted by Crippen LogP contribution is 2.36. The van der Waals surface area contributed by atoms with Gasteiger partial charge in [0, 0.05) is 10.6 Å². The fourth-order valence-electron chi connectivity index (χ4n) is 2.03. The average Bonchev–Trinajstić information content (AvgIpc) is 2.71. The zero-order chi connectivity index (χ0) is 12.3. The molecule has 1 saturated carbocycles. The van der Waals surface area contributed by atoms with Gasteiger partial charge in [0.25, 0.3) is 0 Å². The van der Waals surface area contributed by atoms with Gasteiger partial charge in [-0.1, -0.05) is 31.8 Å². The van der Waals surface area contributed by atoms with Gasteiger partial charge in [0.15, 0.2) is 0 Å².